The Balaban J connectivity index is 1.78. The Kier molecular flexibility index (Phi) is 3.79. The predicted molar refractivity (Wildman–Crippen MR) is 96.8 cm³/mol. The molecule has 0 spiro atoms. The van der Waals surface area contributed by atoms with Gasteiger partial charge in [-0.3, -0.25) is 0 Å². The molecule has 4 rings (SSSR count). The highest BCUT2D eigenvalue weighted by Gasteiger charge is 2.41. The topological polar surface area (TPSA) is 38.0 Å². The number of rotatable bonds is 3. The number of halogens is 1. The Morgan fingerprint density at radius 1 is 0.958 bits per heavy atom. The van der Waals surface area contributed by atoms with E-state index in [0.717, 1.165) is 11.2 Å². The molecule has 0 atom stereocenters. The maximum absolute atomic E-state index is 5.93. The largest absolute Gasteiger partial charge is 0.550 e. The van der Waals surface area contributed by atoms with E-state index in [4.69, 9.17) is 20.8 Å². The summed E-state index contributed by atoms with van der Waals surface area (Å²) in [5.41, 5.74) is 3.17. The maximum Gasteiger partial charge on any atom is 0.550 e. The standard InChI is InChI=1S/C18H14BClN2O2/c1-13-7-9-15(10-8-13)22-18(16-11-12-17(20)23-16)21-24-19(22)14-5-3-2-4-6-14/h2-12H,1H3. The van der Waals surface area contributed by atoms with E-state index in [2.05, 4.69) is 24.2 Å². The van der Waals surface area contributed by atoms with Crippen molar-refractivity contribution in [2.45, 2.75) is 6.92 Å². The summed E-state index contributed by atoms with van der Waals surface area (Å²) in [6.07, 6.45) is 0. The van der Waals surface area contributed by atoms with Gasteiger partial charge in [-0.25, -0.2) is 0 Å². The van der Waals surface area contributed by atoms with Gasteiger partial charge in [0.25, 0.3) is 0 Å². The van der Waals surface area contributed by atoms with Crippen LogP contribution in [0.3, 0.4) is 0 Å². The van der Waals surface area contributed by atoms with Crippen LogP contribution in [0.15, 0.2) is 76.3 Å². The number of oxime groups is 1. The highest BCUT2D eigenvalue weighted by Crippen LogP contribution is 2.26. The monoisotopic (exact) mass is 336 g/mol. The van der Waals surface area contributed by atoms with Crippen molar-refractivity contribution in [3.05, 3.63) is 83.3 Å². The van der Waals surface area contributed by atoms with Gasteiger partial charge in [-0.05, 0) is 48.3 Å². The smallest absolute Gasteiger partial charge is 0.441 e. The Morgan fingerprint density at radius 2 is 1.71 bits per heavy atom. The first-order valence-electron chi connectivity index (χ1n) is 7.63. The molecule has 0 saturated carbocycles. The molecule has 0 fully saturated rings. The summed E-state index contributed by atoms with van der Waals surface area (Å²) < 4.78 is 11.3. The van der Waals surface area contributed by atoms with Crippen LogP contribution in [0.1, 0.15) is 11.3 Å². The molecular weight excluding hydrogens is 322 g/mol. The normalized spacial score (nSPS) is 13.8. The minimum absolute atomic E-state index is 0.319. The Bertz CT molecular complexity index is 878. The third-order valence-electron chi connectivity index (χ3n) is 3.89. The molecule has 0 N–H and O–H groups in total. The lowest BCUT2D eigenvalue weighted by Crippen LogP contribution is -2.48. The summed E-state index contributed by atoms with van der Waals surface area (Å²) >= 11 is 5.93. The minimum atomic E-state index is -0.354. The van der Waals surface area contributed by atoms with Crippen LogP contribution in [0.5, 0.6) is 0 Å². The van der Waals surface area contributed by atoms with Crippen LogP contribution >= 0.6 is 11.6 Å². The first-order valence-corrected chi connectivity index (χ1v) is 8.00. The van der Waals surface area contributed by atoms with Gasteiger partial charge in [0.1, 0.15) is 0 Å². The van der Waals surface area contributed by atoms with Gasteiger partial charge in [0.15, 0.2) is 11.0 Å². The van der Waals surface area contributed by atoms with Crippen molar-refractivity contribution in [1.29, 1.82) is 0 Å². The van der Waals surface area contributed by atoms with Crippen molar-refractivity contribution < 1.29 is 9.17 Å². The zero-order valence-electron chi connectivity index (χ0n) is 13.0. The van der Waals surface area contributed by atoms with Gasteiger partial charge in [-0.2, -0.15) is 0 Å². The number of benzene rings is 2. The Labute approximate surface area is 145 Å². The molecule has 1 aliphatic rings. The molecule has 4 nitrogen and oxygen atoms in total. The third-order valence-corrected chi connectivity index (χ3v) is 4.10. The van der Waals surface area contributed by atoms with E-state index >= 15 is 0 Å². The number of hydrogen-bond donors (Lipinski definition) is 0. The van der Waals surface area contributed by atoms with E-state index in [1.807, 2.05) is 47.3 Å². The fourth-order valence-electron chi connectivity index (χ4n) is 2.69. The SMILES string of the molecule is Cc1ccc(N2B(c3ccccc3)ON=C2c2ccc(Cl)o2)cc1. The van der Waals surface area contributed by atoms with Crippen LogP contribution in [-0.4, -0.2) is 12.9 Å². The molecule has 2 heterocycles. The lowest BCUT2D eigenvalue weighted by Gasteiger charge is -2.22. The molecule has 1 aliphatic heterocycles. The summed E-state index contributed by atoms with van der Waals surface area (Å²) in [5.74, 6) is 1.17. The molecule has 0 bridgehead atoms. The summed E-state index contributed by atoms with van der Waals surface area (Å²) in [6.45, 7) is 2.06. The number of nitrogens with zero attached hydrogens (tertiary/aromatic N) is 2. The van der Waals surface area contributed by atoms with Crippen LogP contribution < -0.4 is 10.3 Å². The molecule has 2 aromatic carbocycles. The molecule has 0 saturated heterocycles. The van der Waals surface area contributed by atoms with Gasteiger partial charge in [0, 0.05) is 5.69 Å². The Morgan fingerprint density at radius 3 is 2.38 bits per heavy atom. The van der Waals surface area contributed by atoms with E-state index < -0.39 is 0 Å². The lowest BCUT2D eigenvalue weighted by molar-refractivity contribution is 0.366. The van der Waals surface area contributed by atoms with E-state index in [1.165, 1.54) is 5.56 Å². The summed E-state index contributed by atoms with van der Waals surface area (Å²) in [4.78, 5) is 2.00. The number of anilines is 1. The minimum Gasteiger partial charge on any atom is -0.441 e. The van der Waals surface area contributed by atoms with Gasteiger partial charge < -0.3 is 14.0 Å². The lowest BCUT2D eigenvalue weighted by atomic mass is 9.71. The number of amidine groups is 1. The average molecular weight is 337 g/mol. The summed E-state index contributed by atoms with van der Waals surface area (Å²) in [7, 11) is -0.354. The molecule has 118 valence electrons. The molecule has 6 heteroatoms. The molecule has 0 radical (unpaired) electrons. The van der Waals surface area contributed by atoms with Crippen LogP contribution in [-0.2, 0) is 4.76 Å². The van der Waals surface area contributed by atoms with E-state index in [1.54, 1.807) is 12.1 Å². The van der Waals surface area contributed by atoms with Crippen molar-refractivity contribution >= 4 is 35.6 Å². The zero-order chi connectivity index (χ0) is 16.5. The van der Waals surface area contributed by atoms with Crippen molar-refractivity contribution in [1.82, 2.24) is 0 Å². The average Bonchev–Trinajstić information content (AvgIpc) is 3.22. The van der Waals surface area contributed by atoms with Crippen molar-refractivity contribution in [3.63, 3.8) is 0 Å². The highest BCUT2D eigenvalue weighted by molar-refractivity contribution is 6.76. The fraction of sp³-hybridized carbons (Fsp3) is 0.0556. The third kappa shape index (κ3) is 2.67. The maximum atomic E-state index is 5.93. The van der Waals surface area contributed by atoms with Crippen molar-refractivity contribution in [2.24, 2.45) is 5.16 Å². The van der Waals surface area contributed by atoms with Crippen LogP contribution in [0.2, 0.25) is 5.22 Å². The van der Waals surface area contributed by atoms with E-state index in [-0.39, 0.29) is 7.05 Å². The van der Waals surface area contributed by atoms with Crippen LogP contribution in [0, 0.1) is 6.92 Å². The number of furan rings is 1. The summed E-state index contributed by atoms with van der Waals surface area (Å²) in [6, 6.07) is 21.6. The number of aryl methyl sites for hydroxylation is 1. The van der Waals surface area contributed by atoms with Crippen LogP contribution in [0.25, 0.3) is 0 Å². The second kappa shape index (κ2) is 6.09. The van der Waals surface area contributed by atoms with Crippen molar-refractivity contribution in [2.75, 3.05) is 4.81 Å². The molecule has 1 aromatic heterocycles. The van der Waals surface area contributed by atoms with Crippen LogP contribution in [0.4, 0.5) is 5.69 Å². The van der Waals surface area contributed by atoms with Gasteiger partial charge in [0.05, 0.1) is 0 Å². The molecule has 0 aliphatic carbocycles. The molecule has 3 aromatic rings. The van der Waals surface area contributed by atoms with Gasteiger partial charge in [-0.15, -0.1) is 0 Å². The Hall–Kier alpha value is -2.66. The predicted octanol–water partition coefficient (Wildman–Crippen LogP) is 3.84. The first-order chi connectivity index (χ1) is 11.7. The first kappa shape index (κ1) is 14.9. The number of hydrogen-bond acceptors (Lipinski definition) is 4. The second-order valence-corrected chi connectivity index (χ2v) is 5.97. The molecular formula is C18H14BClN2O2. The van der Waals surface area contributed by atoms with E-state index in [0.29, 0.717) is 16.8 Å². The quantitative estimate of drug-likeness (QED) is 0.682. The highest BCUT2D eigenvalue weighted by atomic mass is 35.5. The van der Waals surface area contributed by atoms with Gasteiger partial charge in [0.2, 0.25) is 5.84 Å². The molecule has 0 unspecified atom stereocenters. The molecule has 0 amide bonds. The van der Waals surface area contributed by atoms with Gasteiger partial charge >= 0.3 is 7.05 Å². The zero-order valence-corrected chi connectivity index (χ0v) is 13.8. The van der Waals surface area contributed by atoms with E-state index in [9.17, 15) is 0 Å². The molecule has 24 heavy (non-hydrogen) atoms. The fourth-order valence-corrected chi connectivity index (χ4v) is 2.84. The second-order valence-electron chi connectivity index (χ2n) is 5.59. The van der Waals surface area contributed by atoms with Gasteiger partial charge in [-0.1, -0.05) is 53.2 Å². The summed E-state index contributed by atoms with van der Waals surface area (Å²) in [5, 5.41) is 4.57. The van der Waals surface area contributed by atoms with Crippen molar-refractivity contribution in [3.8, 4) is 0 Å².